The summed E-state index contributed by atoms with van der Waals surface area (Å²) >= 11 is 0. The Morgan fingerprint density at radius 2 is 2.04 bits per heavy atom. The van der Waals surface area contributed by atoms with Crippen LogP contribution in [-0.4, -0.2) is 49.7 Å². The highest BCUT2D eigenvalue weighted by Crippen LogP contribution is 2.35. The van der Waals surface area contributed by atoms with Crippen LogP contribution < -0.4 is 5.32 Å². The highest BCUT2D eigenvalue weighted by Gasteiger charge is 2.33. The topological polar surface area (TPSA) is 41.6 Å². The number of nitrogens with zero attached hydrogens (tertiary/aromatic N) is 1. The van der Waals surface area contributed by atoms with Gasteiger partial charge in [-0.1, -0.05) is 43.2 Å². The van der Waals surface area contributed by atoms with E-state index in [0.717, 1.165) is 6.42 Å². The van der Waals surface area contributed by atoms with Crippen molar-refractivity contribution < 1.29 is 18.3 Å². The lowest BCUT2D eigenvalue weighted by atomic mass is 10.00. The maximum Gasteiger partial charge on any atom is 0.317 e. The number of rotatable bonds is 6. The standard InChI is InChI=1S/C18H24F2N2O2/c19-17(20)16(14-4-2-1-3-5-14)11-21-18(23)22-8-9-24-12-15(22)10-13-6-7-13/h1-5,13,15-17H,6-12H2,(H,21,23). The van der Waals surface area contributed by atoms with Crippen LogP contribution in [-0.2, 0) is 4.74 Å². The molecular weight excluding hydrogens is 314 g/mol. The van der Waals surface area contributed by atoms with Crippen LogP contribution in [0.4, 0.5) is 13.6 Å². The SMILES string of the molecule is O=C(NCC(c1ccccc1)C(F)F)N1CCOCC1CC1CC1. The average Bonchev–Trinajstić information content (AvgIpc) is 3.40. The molecule has 0 aromatic heterocycles. The fourth-order valence-electron chi connectivity index (χ4n) is 3.21. The predicted molar refractivity (Wildman–Crippen MR) is 87.2 cm³/mol. The summed E-state index contributed by atoms with van der Waals surface area (Å²) in [6.45, 7) is 1.51. The van der Waals surface area contributed by atoms with Crippen molar-refractivity contribution in [1.29, 1.82) is 0 Å². The maximum atomic E-state index is 13.3. The summed E-state index contributed by atoms with van der Waals surface area (Å²) in [6.07, 6.45) is 0.866. The summed E-state index contributed by atoms with van der Waals surface area (Å²) in [5, 5.41) is 2.71. The molecule has 1 aromatic carbocycles. The number of benzene rings is 1. The van der Waals surface area contributed by atoms with Gasteiger partial charge in [0.25, 0.3) is 0 Å². The number of nitrogens with one attached hydrogen (secondary N) is 1. The minimum Gasteiger partial charge on any atom is -0.377 e. The normalized spacial score (nSPS) is 22.5. The molecule has 0 radical (unpaired) electrons. The third-order valence-corrected chi connectivity index (χ3v) is 4.80. The second kappa shape index (κ2) is 7.92. The molecule has 1 aliphatic heterocycles. The smallest absolute Gasteiger partial charge is 0.317 e. The van der Waals surface area contributed by atoms with Crippen molar-refractivity contribution in [3.63, 3.8) is 0 Å². The Morgan fingerprint density at radius 3 is 2.71 bits per heavy atom. The Bertz CT molecular complexity index is 537. The van der Waals surface area contributed by atoms with Gasteiger partial charge < -0.3 is 15.0 Å². The Kier molecular flexibility index (Phi) is 5.66. The number of carbonyl (C=O) groups excluding carboxylic acids is 1. The minimum absolute atomic E-state index is 0.0615. The van der Waals surface area contributed by atoms with E-state index >= 15 is 0 Å². The zero-order chi connectivity index (χ0) is 16.9. The molecule has 1 aliphatic carbocycles. The molecule has 3 rings (SSSR count). The van der Waals surface area contributed by atoms with E-state index in [2.05, 4.69) is 5.32 Å². The van der Waals surface area contributed by atoms with E-state index in [0.29, 0.717) is 31.2 Å². The summed E-state index contributed by atoms with van der Waals surface area (Å²) in [6, 6.07) is 8.42. The molecule has 1 heterocycles. The largest absolute Gasteiger partial charge is 0.377 e. The van der Waals surface area contributed by atoms with Crippen LogP contribution in [0.3, 0.4) is 0 Å². The molecular formula is C18H24F2N2O2. The van der Waals surface area contributed by atoms with Gasteiger partial charge in [0.2, 0.25) is 6.43 Å². The number of urea groups is 1. The van der Waals surface area contributed by atoms with Crippen molar-refractivity contribution in [2.24, 2.45) is 5.92 Å². The van der Waals surface area contributed by atoms with E-state index in [4.69, 9.17) is 4.74 Å². The molecule has 24 heavy (non-hydrogen) atoms. The van der Waals surface area contributed by atoms with Crippen LogP contribution in [0.5, 0.6) is 0 Å². The summed E-state index contributed by atoms with van der Waals surface area (Å²) in [4.78, 5) is 14.2. The molecule has 4 nitrogen and oxygen atoms in total. The fourth-order valence-corrected chi connectivity index (χ4v) is 3.21. The quantitative estimate of drug-likeness (QED) is 0.865. The molecule has 1 aromatic rings. The van der Waals surface area contributed by atoms with Crippen molar-refractivity contribution in [3.05, 3.63) is 35.9 Å². The van der Waals surface area contributed by atoms with Gasteiger partial charge in [0, 0.05) is 13.1 Å². The third kappa shape index (κ3) is 4.44. The number of hydrogen-bond donors (Lipinski definition) is 1. The van der Waals surface area contributed by atoms with Gasteiger partial charge in [-0.25, -0.2) is 13.6 Å². The first-order valence-electron chi connectivity index (χ1n) is 8.60. The Balaban J connectivity index is 1.58. The van der Waals surface area contributed by atoms with E-state index < -0.39 is 12.3 Å². The van der Waals surface area contributed by atoms with Crippen LogP contribution in [0.2, 0.25) is 0 Å². The summed E-state index contributed by atoms with van der Waals surface area (Å²) < 4.78 is 32.2. The number of ether oxygens (including phenoxy) is 1. The third-order valence-electron chi connectivity index (χ3n) is 4.80. The molecule has 132 valence electrons. The van der Waals surface area contributed by atoms with Crippen molar-refractivity contribution in [2.75, 3.05) is 26.3 Å². The molecule has 2 aliphatic rings. The summed E-state index contributed by atoms with van der Waals surface area (Å²) in [5.74, 6) is -0.303. The lowest BCUT2D eigenvalue weighted by Crippen LogP contribution is -2.53. The van der Waals surface area contributed by atoms with Crippen molar-refractivity contribution in [2.45, 2.75) is 37.6 Å². The number of morpholine rings is 1. The van der Waals surface area contributed by atoms with Gasteiger partial charge in [0.1, 0.15) is 0 Å². The van der Waals surface area contributed by atoms with E-state index in [-0.39, 0.29) is 18.6 Å². The molecule has 1 saturated heterocycles. The number of hydrogen-bond acceptors (Lipinski definition) is 2. The highest BCUT2D eigenvalue weighted by molar-refractivity contribution is 5.74. The van der Waals surface area contributed by atoms with Gasteiger partial charge in [0.15, 0.2) is 0 Å². The first kappa shape index (κ1) is 17.1. The van der Waals surface area contributed by atoms with Crippen molar-refractivity contribution in [1.82, 2.24) is 10.2 Å². The maximum absolute atomic E-state index is 13.3. The van der Waals surface area contributed by atoms with E-state index in [1.165, 1.54) is 12.8 Å². The van der Waals surface area contributed by atoms with Crippen LogP contribution in [0.15, 0.2) is 30.3 Å². The second-order valence-electron chi connectivity index (χ2n) is 6.64. The molecule has 0 spiro atoms. The van der Waals surface area contributed by atoms with Crippen molar-refractivity contribution in [3.8, 4) is 0 Å². The summed E-state index contributed by atoms with van der Waals surface area (Å²) in [7, 11) is 0. The van der Waals surface area contributed by atoms with Crippen molar-refractivity contribution >= 4 is 6.03 Å². The molecule has 6 heteroatoms. The van der Waals surface area contributed by atoms with Gasteiger partial charge >= 0.3 is 6.03 Å². The summed E-state index contributed by atoms with van der Waals surface area (Å²) in [5.41, 5.74) is 0.546. The zero-order valence-electron chi connectivity index (χ0n) is 13.7. The van der Waals surface area contributed by atoms with Gasteiger partial charge in [0.05, 0.1) is 25.2 Å². The molecule has 1 N–H and O–H groups in total. The molecule has 1 saturated carbocycles. The first-order chi connectivity index (χ1) is 11.6. The predicted octanol–water partition coefficient (Wildman–Crippen LogP) is 3.25. The lowest BCUT2D eigenvalue weighted by molar-refractivity contribution is 0.00732. The molecule has 2 fully saturated rings. The van der Waals surface area contributed by atoms with Crippen LogP contribution >= 0.6 is 0 Å². The molecule has 2 amide bonds. The monoisotopic (exact) mass is 338 g/mol. The molecule has 2 unspecified atom stereocenters. The van der Waals surface area contributed by atoms with Gasteiger partial charge in [-0.2, -0.15) is 0 Å². The molecule has 2 atom stereocenters. The highest BCUT2D eigenvalue weighted by atomic mass is 19.3. The second-order valence-corrected chi connectivity index (χ2v) is 6.64. The lowest BCUT2D eigenvalue weighted by Gasteiger charge is -2.36. The number of amides is 2. The van der Waals surface area contributed by atoms with E-state index in [9.17, 15) is 13.6 Å². The number of halogens is 2. The first-order valence-corrected chi connectivity index (χ1v) is 8.60. The Labute approximate surface area is 141 Å². The molecule has 0 bridgehead atoms. The van der Waals surface area contributed by atoms with Gasteiger partial charge in [-0.05, 0) is 17.9 Å². The van der Waals surface area contributed by atoms with Crippen LogP contribution in [0, 0.1) is 5.92 Å². The average molecular weight is 338 g/mol. The Hall–Kier alpha value is -1.69. The minimum atomic E-state index is -2.51. The van der Waals surface area contributed by atoms with Gasteiger partial charge in [-0.15, -0.1) is 0 Å². The fraction of sp³-hybridized carbons (Fsp3) is 0.611. The van der Waals surface area contributed by atoms with Crippen LogP contribution in [0.25, 0.3) is 0 Å². The number of carbonyl (C=O) groups is 1. The Morgan fingerprint density at radius 1 is 1.29 bits per heavy atom. The van der Waals surface area contributed by atoms with Crippen LogP contribution in [0.1, 0.15) is 30.7 Å². The van der Waals surface area contributed by atoms with Gasteiger partial charge in [-0.3, -0.25) is 0 Å². The number of alkyl halides is 2. The van der Waals surface area contributed by atoms with E-state index in [1.807, 2.05) is 0 Å². The zero-order valence-corrected chi connectivity index (χ0v) is 13.7. The van der Waals surface area contributed by atoms with E-state index in [1.54, 1.807) is 35.2 Å².